The van der Waals surface area contributed by atoms with Crippen LogP contribution in [-0.4, -0.2) is 8.07 Å². The van der Waals surface area contributed by atoms with E-state index in [0.29, 0.717) is 0 Å². The van der Waals surface area contributed by atoms with E-state index in [2.05, 4.69) is 98.9 Å². The molecule has 0 aliphatic rings. The Kier molecular flexibility index (Phi) is 7.94. The Morgan fingerprint density at radius 2 is 1.48 bits per heavy atom. The highest BCUT2D eigenvalue weighted by Crippen LogP contribution is 2.26. The van der Waals surface area contributed by atoms with E-state index in [9.17, 15) is 0 Å². The molecular weight excluding hydrogens is 316 g/mol. The zero-order valence-corrected chi connectivity index (χ0v) is 17.0. The van der Waals surface area contributed by atoms with Gasteiger partial charge in [0.2, 0.25) is 0 Å². The molecule has 0 bridgehead atoms. The molecule has 132 valence electrons. The lowest BCUT2D eigenvalue weighted by molar-refractivity contribution is 0.674. The number of rotatable bonds is 9. The third kappa shape index (κ3) is 5.86. The predicted octanol–water partition coefficient (Wildman–Crippen LogP) is 6.75. The third-order valence-corrected chi connectivity index (χ3v) is 8.46. The molecule has 0 fully saturated rings. The second-order valence-corrected chi connectivity index (χ2v) is 11.6. The minimum atomic E-state index is -1.72. The van der Waals surface area contributed by atoms with Gasteiger partial charge < -0.3 is 0 Å². The SMILES string of the molecule is CCCCCC/C=C/C=C(/c1ccccc1)[Si](C)(C)c1ccccc1. The van der Waals surface area contributed by atoms with Gasteiger partial charge in [-0.3, -0.25) is 0 Å². The van der Waals surface area contributed by atoms with Crippen molar-refractivity contribution in [3.8, 4) is 0 Å². The Bertz CT molecular complexity index is 666. The molecule has 0 aromatic heterocycles. The molecule has 0 N–H and O–H groups in total. The molecule has 0 aliphatic carbocycles. The van der Waals surface area contributed by atoms with Crippen molar-refractivity contribution in [1.29, 1.82) is 0 Å². The largest absolute Gasteiger partial charge is 0.112 e. The quantitative estimate of drug-likeness (QED) is 0.267. The summed E-state index contributed by atoms with van der Waals surface area (Å²) in [5.41, 5.74) is 1.36. The number of allylic oxidation sites excluding steroid dienone is 3. The third-order valence-electron chi connectivity index (χ3n) is 4.88. The van der Waals surface area contributed by atoms with E-state index in [0.717, 1.165) is 0 Å². The number of hydrogen-bond acceptors (Lipinski definition) is 0. The van der Waals surface area contributed by atoms with Crippen molar-refractivity contribution < 1.29 is 0 Å². The lowest BCUT2D eigenvalue weighted by Gasteiger charge is -2.27. The standard InChI is InChI=1S/C24H32Si/c1-4-5-6-7-8-9-16-21-24(22-17-12-10-13-18-22)25(2,3)23-19-14-11-15-20-23/h9-21H,4-8H2,1-3H3/b16-9+,24-21-. The van der Waals surface area contributed by atoms with E-state index in [-0.39, 0.29) is 0 Å². The van der Waals surface area contributed by atoms with Gasteiger partial charge in [0.15, 0.2) is 0 Å². The van der Waals surface area contributed by atoms with E-state index in [4.69, 9.17) is 0 Å². The molecule has 2 aromatic carbocycles. The molecular formula is C24H32Si. The van der Waals surface area contributed by atoms with Crippen molar-refractivity contribution in [2.24, 2.45) is 0 Å². The second kappa shape index (κ2) is 10.2. The van der Waals surface area contributed by atoms with Crippen LogP contribution in [0.1, 0.15) is 44.6 Å². The number of benzene rings is 2. The number of unbranched alkanes of at least 4 members (excludes halogenated alkanes) is 4. The van der Waals surface area contributed by atoms with Crippen molar-refractivity contribution in [1.82, 2.24) is 0 Å². The van der Waals surface area contributed by atoms with Crippen LogP contribution in [0.25, 0.3) is 5.20 Å². The molecule has 0 saturated carbocycles. The molecule has 0 spiro atoms. The maximum absolute atomic E-state index is 2.45. The number of hydrogen-bond donors (Lipinski definition) is 0. The van der Waals surface area contributed by atoms with E-state index in [1.165, 1.54) is 48.1 Å². The monoisotopic (exact) mass is 348 g/mol. The van der Waals surface area contributed by atoms with Crippen molar-refractivity contribution in [3.05, 3.63) is 84.5 Å². The maximum Gasteiger partial charge on any atom is 0.112 e. The summed E-state index contributed by atoms with van der Waals surface area (Å²) < 4.78 is 0. The fraction of sp³-hybridized carbons (Fsp3) is 0.333. The molecule has 25 heavy (non-hydrogen) atoms. The molecule has 0 heterocycles. The second-order valence-electron chi connectivity index (χ2n) is 7.21. The summed E-state index contributed by atoms with van der Waals surface area (Å²) in [6.45, 7) is 7.17. The highest BCUT2D eigenvalue weighted by Gasteiger charge is 2.28. The average Bonchev–Trinajstić information content (AvgIpc) is 2.65. The molecule has 0 unspecified atom stereocenters. The molecule has 0 radical (unpaired) electrons. The van der Waals surface area contributed by atoms with Crippen LogP contribution in [0, 0.1) is 0 Å². The summed E-state index contributed by atoms with van der Waals surface area (Å²) in [6, 6.07) is 21.9. The maximum atomic E-state index is 2.45. The van der Waals surface area contributed by atoms with Crippen LogP contribution in [0.2, 0.25) is 13.1 Å². The summed E-state index contributed by atoms with van der Waals surface area (Å²) in [7, 11) is -1.72. The Morgan fingerprint density at radius 3 is 2.12 bits per heavy atom. The van der Waals surface area contributed by atoms with Crippen LogP contribution >= 0.6 is 0 Å². The highest BCUT2D eigenvalue weighted by atomic mass is 28.3. The molecule has 0 aliphatic heterocycles. The predicted molar refractivity (Wildman–Crippen MR) is 116 cm³/mol. The molecule has 0 atom stereocenters. The van der Waals surface area contributed by atoms with Crippen molar-refractivity contribution in [2.75, 3.05) is 0 Å². The molecule has 2 aromatic rings. The summed E-state index contributed by atoms with van der Waals surface area (Å²) in [6.07, 6.45) is 13.5. The summed E-state index contributed by atoms with van der Waals surface area (Å²) in [5, 5.41) is 2.99. The highest BCUT2D eigenvalue weighted by molar-refractivity contribution is 7.04. The first-order valence-corrected chi connectivity index (χ1v) is 12.6. The zero-order valence-electron chi connectivity index (χ0n) is 16.0. The smallest absolute Gasteiger partial charge is 0.0845 e. The summed E-state index contributed by atoms with van der Waals surface area (Å²) >= 11 is 0. The van der Waals surface area contributed by atoms with Crippen molar-refractivity contribution >= 4 is 18.5 Å². The first kappa shape index (κ1) is 19.5. The van der Waals surface area contributed by atoms with E-state index < -0.39 is 8.07 Å². The molecule has 1 heteroatoms. The van der Waals surface area contributed by atoms with Crippen molar-refractivity contribution in [2.45, 2.75) is 52.1 Å². The minimum Gasteiger partial charge on any atom is -0.0845 e. The minimum absolute atomic E-state index is 1.19. The van der Waals surface area contributed by atoms with Crippen LogP contribution < -0.4 is 5.19 Å². The van der Waals surface area contributed by atoms with Crippen LogP contribution in [-0.2, 0) is 0 Å². The van der Waals surface area contributed by atoms with E-state index in [1.807, 2.05) is 0 Å². The molecule has 0 nitrogen and oxygen atoms in total. The Hall–Kier alpha value is -1.86. The first-order valence-electron chi connectivity index (χ1n) is 9.64. The van der Waals surface area contributed by atoms with Gasteiger partial charge in [-0.25, -0.2) is 0 Å². The topological polar surface area (TPSA) is 0 Å². The van der Waals surface area contributed by atoms with Gasteiger partial charge in [0.1, 0.15) is 8.07 Å². The Morgan fingerprint density at radius 1 is 0.840 bits per heavy atom. The molecule has 0 amide bonds. The van der Waals surface area contributed by atoms with Gasteiger partial charge in [0.25, 0.3) is 0 Å². The average molecular weight is 349 g/mol. The summed E-state index contributed by atoms with van der Waals surface area (Å²) in [5.74, 6) is 0. The van der Waals surface area contributed by atoms with Gasteiger partial charge in [-0.05, 0) is 23.6 Å². The van der Waals surface area contributed by atoms with Crippen LogP contribution in [0.5, 0.6) is 0 Å². The fourth-order valence-corrected chi connectivity index (χ4v) is 5.98. The zero-order chi connectivity index (χ0) is 18.0. The van der Waals surface area contributed by atoms with Gasteiger partial charge in [-0.2, -0.15) is 0 Å². The van der Waals surface area contributed by atoms with Crippen molar-refractivity contribution in [3.63, 3.8) is 0 Å². The lowest BCUT2D eigenvalue weighted by atomic mass is 10.1. The normalized spacial score (nSPS) is 12.7. The van der Waals surface area contributed by atoms with E-state index in [1.54, 1.807) is 0 Å². The lowest BCUT2D eigenvalue weighted by Crippen LogP contribution is -2.42. The van der Waals surface area contributed by atoms with Gasteiger partial charge in [-0.1, -0.05) is 123 Å². The summed E-state index contributed by atoms with van der Waals surface area (Å²) in [4.78, 5) is 0. The molecule has 0 saturated heterocycles. The van der Waals surface area contributed by atoms with Crippen LogP contribution in [0.3, 0.4) is 0 Å². The van der Waals surface area contributed by atoms with Gasteiger partial charge >= 0.3 is 0 Å². The van der Waals surface area contributed by atoms with Gasteiger partial charge in [0, 0.05) is 0 Å². The van der Waals surface area contributed by atoms with Gasteiger partial charge in [0.05, 0.1) is 0 Å². The molecule has 2 rings (SSSR count). The first-order chi connectivity index (χ1) is 12.2. The Balaban J connectivity index is 2.22. The van der Waals surface area contributed by atoms with Gasteiger partial charge in [-0.15, -0.1) is 0 Å². The Labute approximate surface area is 155 Å². The van der Waals surface area contributed by atoms with Crippen LogP contribution in [0.15, 0.2) is 78.9 Å². The van der Waals surface area contributed by atoms with Crippen LogP contribution in [0.4, 0.5) is 0 Å². The fourth-order valence-electron chi connectivity index (χ4n) is 3.24. The van der Waals surface area contributed by atoms with E-state index >= 15 is 0 Å².